The van der Waals surface area contributed by atoms with Crippen LogP contribution in [0.1, 0.15) is 20.3 Å². The van der Waals surface area contributed by atoms with Gasteiger partial charge in [-0.15, -0.1) is 0 Å². The number of anilines is 1. The van der Waals surface area contributed by atoms with Crippen LogP contribution in [-0.4, -0.2) is 29.1 Å². The van der Waals surface area contributed by atoms with Crippen molar-refractivity contribution in [1.29, 1.82) is 0 Å². The maximum Gasteiger partial charge on any atom is 0.323 e. The Hall–Kier alpha value is -2.02. The number of hydrogen-bond acceptors (Lipinski definition) is 3. The number of carboxylic acids is 1. The molecule has 0 saturated heterocycles. The van der Waals surface area contributed by atoms with Gasteiger partial charge in [-0.1, -0.05) is 6.92 Å². The second kappa shape index (κ2) is 6.42. The average Bonchev–Trinajstić information content (AvgIpc) is 2.40. The van der Waals surface area contributed by atoms with Crippen LogP contribution in [0.2, 0.25) is 0 Å². The number of halogens is 2. The van der Waals surface area contributed by atoms with Gasteiger partial charge in [-0.25, -0.2) is 8.78 Å². The molecule has 0 radical (unpaired) electrons. The molecule has 0 aliphatic carbocycles. The van der Waals surface area contributed by atoms with Crippen LogP contribution in [0.15, 0.2) is 18.2 Å². The minimum Gasteiger partial charge on any atom is -0.480 e. The highest BCUT2D eigenvalue weighted by Gasteiger charge is 2.30. The van der Waals surface area contributed by atoms with Gasteiger partial charge in [0.1, 0.15) is 17.2 Å². The van der Waals surface area contributed by atoms with Gasteiger partial charge < -0.3 is 10.4 Å². The summed E-state index contributed by atoms with van der Waals surface area (Å²) in [6.45, 7) is 2.77. The van der Waals surface area contributed by atoms with Crippen molar-refractivity contribution in [2.75, 3.05) is 11.9 Å². The topological polar surface area (TPSA) is 78.4 Å². The lowest BCUT2D eigenvalue weighted by molar-refractivity contribution is -0.144. The molecule has 0 heterocycles. The van der Waals surface area contributed by atoms with Crippen molar-refractivity contribution < 1.29 is 23.5 Å². The molecular formula is C13H16F2N2O3. The first-order valence-electron chi connectivity index (χ1n) is 6.02. The van der Waals surface area contributed by atoms with Crippen molar-refractivity contribution in [3.8, 4) is 0 Å². The average molecular weight is 286 g/mol. The third-order valence-corrected chi connectivity index (χ3v) is 3.02. The number of benzene rings is 1. The molecule has 0 saturated carbocycles. The molecule has 110 valence electrons. The first kappa shape index (κ1) is 16.0. The summed E-state index contributed by atoms with van der Waals surface area (Å²) in [6, 6.07) is 2.68. The van der Waals surface area contributed by atoms with Crippen molar-refractivity contribution in [3.05, 3.63) is 29.8 Å². The molecule has 0 aliphatic rings. The van der Waals surface area contributed by atoms with Gasteiger partial charge in [0, 0.05) is 6.07 Å². The van der Waals surface area contributed by atoms with Crippen LogP contribution in [0.25, 0.3) is 0 Å². The fourth-order valence-electron chi connectivity index (χ4n) is 1.41. The van der Waals surface area contributed by atoms with Gasteiger partial charge in [0.2, 0.25) is 5.91 Å². The zero-order chi connectivity index (χ0) is 15.3. The smallest absolute Gasteiger partial charge is 0.323 e. The fourth-order valence-corrected chi connectivity index (χ4v) is 1.41. The Morgan fingerprint density at radius 1 is 1.35 bits per heavy atom. The number of carbonyl (C=O) groups is 2. The normalized spacial score (nSPS) is 13.6. The quantitative estimate of drug-likeness (QED) is 0.744. The highest BCUT2D eigenvalue weighted by molar-refractivity contribution is 5.93. The van der Waals surface area contributed by atoms with E-state index in [-0.39, 0.29) is 18.7 Å². The Morgan fingerprint density at radius 3 is 2.55 bits per heavy atom. The second-order valence-corrected chi connectivity index (χ2v) is 4.52. The molecule has 1 atom stereocenters. The van der Waals surface area contributed by atoms with E-state index in [0.29, 0.717) is 0 Å². The molecule has 1 amide bonds. The molecule has 1 aromatic rings. The van der Waals surface area contributed by atoms with Gasteiger partial charge in [0.25, 0.3) is 0 Å². The lowest BCUT2D eigenvalue weighted by atomic mass is 9.99. The molecule has 20 heavy (non-hydrogen) atoms. The molecule has 5 nitrogen and oxygen atoms in total. The number of hydrogen-bond donors (Lipinski definition) is 3. The molecule has 0 fully saturated rings. The number of aliphatic carboxylic acids is 1. The van der Waals surface area contributed by atoms with Gasteiger partial charge in [0.15, 0.2) is 0 Å². The van der Waals surface area contributed by atoms with E-state index in [1.54, 1.807) is 6.92 Å². The first-order chi connectivity index (χ1) is 9.28. The van der Waals surface area contributed by atoms with E-state index in [4.69, 9.17) is 5.11 Å². The first-order valence-corrected chi connectivity index (χ1v) is 6.02. The Labute approximate surface area is 115 Å². The molecule has 1 rings (SSSR count). The van der Waals surface area contributed by atoms with E-state index in [2.05, 4.69) is 10.6 Å². The number of carboxylic acid groups (broad SMARTS) is 1. The van der Waals surface area contributed by atoms with E-state index in [1.165, 1.54) is 6.92 Å². The largest absolute Gasteiger partial charge is 0.480 e. The van der Waals surface area contributed by atoms with Gasteiger partial charge in [-0.2, -0.15) is 0 Å². The Kier molecular flexibility index (Phi) is 5.15. The summed E-state index contributed by atoms with van der Waals surface area (Å²) >= 11 is 0. The lowest BCUT2D eigenvalue weighted by Crippen LogP contribution is -2.51. The van der Waals surface area contributed by atoms with Gasteiger partial charge in [-0.05, 0) is 25.5 Å². The van der Waals surface area contributed by atoms with Gasteiger partial charge >= 0.3 is 5.97 Å². The van der Waals surface area contributed by atoms with Gasteiger partial charge in [0.05, 0.1) is 12.2 Å². The number of rotatable bonds is 6. The van der Waals surface area contributed by atoms with Crippen LogP contribution in [0.5, 0.6) is 0 Å². The SMILES string of the molecule is CCC(C)(NCC(=O)Nc1cc(F)ccc1F)C(=O)O. The molecule has 0 aliphatic heterocycles. The van der Waals surface area contributed by atoms with Gasteiger partial charge in [-0.3, -0.25) is 14.9 Å². The van der Waals surface area contributed by atoms with Crippen LogP contribution in [0.4, 0.5) is 14.5 Å². The van der Waals surface area contributed by atoms with Crippen LogP contribution in [-0.2, 0) is 9.59 Å². The van der Waals surface area contributed by atoms with Crippen LogP contribution < -0.4 is 10.6 Å². The Bertz CT molecular complexity index is 522. The molecule has 7 heteroatoms. The monoisotopic (exact) mass is 286 g/mol. The molecule has 0 spiro atoms. The molecular weight excluding hydrogens is 270 g/mol. The minimum absolute atomic E-state index is 0.268. The summed E-state index contributed by atoms with van der Waals surface area (Å²) in [7, 11) is 0. The fraction of sp³-hybridized carbons (Fsp3) is 0.385. The van der Waals surface area contributed by atoms with Crippen molar-refractivity contribution in [3.63, 3.8) is 0 Å². The molecule has 0 bridgehead atoms. The summed E-state index contributed by atoms with van der Waals surface area (Å²) in [5.74, 6) is -3.20. The predicted octanol–water partition coefficient (Wildman–Crippen LogP) is 1.75. The Balaban J connectivity index is 2.65. The number of carbonyl (C=O) groups excluding carboxylic acids is 1. The zero-order valence-electron chi connectivity index (χ0n) is 11.2. The zero-order valence-corrected chi connectivity index (χ0v) is 11.2. The van der Waals surface area contributed by atoms with Crippen LogP contribution in [0, 0.1) is 11.6 Å². The molecule has 3 N–H and O–H groups in total. The van der Waals surface area contributed by atoms with Crippen molar-refractivity contribution in [2.45, 2.75) is 25.8 Å². The predicted molar refractivity (Wildman–Crippen MR) is 69.3 cm³/mol. The highest BCUT2D eigenvalue weighted by Crippen LogP contribution is 2.15. The molecule has 1 unspecified atom stereocenters. The van der Waals surface area contributed by atoms with Crippen molar-refractivity contribution in [1.82, 2.24) is 5.32 Å². The summed E-state index contributed by atoms with van der Waals surface area (Å²) < 4.78 is 26.2. The summed E-state index contributed by atoms with van der Waals surface area (Å²) in [5.41, 5.74) is -1.54. The van der Waals surface area contributed by atoms with Crippen molar-refractivity contribution in [2.24, 2.45) is 0 Å². The molecule has 0 aromatic heterocycles. The summed E-state index contributed by atoms with van der Waals surface area (Å²) in [5, 5.41) is 13.8. The van der Waals surface area contributed by atoms with E-state index in [0.717, 1.165) is 18.2 Å². The summed E-state index contributed by atoms with van der Waals surface area (Å²) in [4.78, 5) is 22.6. The van der Waals surface area contributed by atoms with Crippen LogP contribution in [0.3, 0.4) is 0 Å². The highest BCUT2D eigenvalue weighted by atomic mass is 19.1. The van der Waals surface area contributed by atoms with E-state index in [9.17, 15) is 18.4 Å². The third-order valence-electron chi connectivity index (χ3n) is 3.02. The van der Waals surface area contributed by atoms with E-state index >= 15 is 0 Å². The standard InChI is InChI=1S/C13H16F2N2O3/c1-3-13(2,12(19)20)16-7-11(18)17-10-6-8(14)4-5-9(10)15/h4-6,16H,3,7H2,1-2H3,(H,17,18)(H,19,20). The molecule has 1 aromatic carbocycles. The maximum atomic E-state index is 13.3. The summed E-state index contributed by atoms with van der Waals surface area (Å²) in [6.07, 6.45) is 0.268. The number of amides is 1. The van der Waals surface area contributed by atoms with E-state index in [1.807, 2.05) is 0 Å². The third kappa shape index (κ3) is 3.99. The Morgan fingerprint density at radius 2 is 2.00 bits per heavy atom. The van der Waals surface area contributed by atoms with E-state index < -0.39 is 29.0 Å². The van der Waals surface area contributed by atoms with Crippen molar-refractivity contribution >= 4 is 17.6 Å². The number of nitrogens with one attached hydrogen (secondary N) is 2. The van der Waals surface area contributed by atoms with Crippen LogP contribution >= 0.6 is 0 Å². The maximum absolute atomic E-state index is 13.3. The lowest BCUT2D eigenvalue weighted by Gasteiger charge is -2.24. The minimum atomic E-state index is -1.25. The second-order valence-electron chi connectivity index (χ2n) is 4.52.